The summed E-state index contributed by atoms with van der Waals surface area (Å²) in [7, 11) is 0. The summed E-state index contributed by atoms with van der Waals surface area (Å²) in [5.74, 6) is -1.31. The first-order valence-electron chi connectivity index (χ1n) is 4.81. The zero-order valence-corrected chi connectivity index (χ0v) is 8.66. The van der Waals surface area contributed by atoms with Gasteiger partial charge in [-0.2, -0.15) is 0 Å². The first-order valence-corrected chi connectivity index (χ1v) is 4.81. The number of ether oxygens (including phenoxy) is 2. The molecule has 1 rings (SSSR count). The van der Waals surface area contributed by atoms with Gasteiger partial charge in [0.1, 0.15) is 6.10 Å². The molecule has 6 nitrogen and oxygen atoms in total. The van der Waals surface area contributed by atoms with Crippen LogP contribution in [0.25, 0.3) is 0 Å². The molecular formula is C9H16O6. The fourth-order valence-electron chi connectivity index (χ4n) is 1.43. The average Bonchev–Trinajstić information content (AvgIpc) is 2.09. The molecule has 1 saturated heterocycles. The number of hydrogen-bond acceptors (Lipinski definition) is 5. The van der Waals surface area contributed by atoms with E-state index in [0.717, 1.165) is 0 Å². The van der Waals surface area contributed by atoms with Gasteiger partial charge in [0.05, 0.1) is 12.2 Å². The molecule has 0 amide bonds. The summed E-state index contributed by atoms with van der Waals surface area (Å²) in [4.78, 5) is 10.7. The van der Waals surface area contributed by atoms with Gasteiger partial charge in [-0.3, -0.25) is 0 Å². The highest BCUT2D eigenvalue weighted by atomic mass is 16.7. The highest BCUT2D eigenvalue weighted by Gasteiger charge is 2.41. The minimum atomic E-state index is -1.43. The number of aliphatic carboxylic acids is 1. The Hall–Kier alpha value is -0.690. The van der Waals surface area contributed by atoms with Gasteiger partial charge in [-0.05, 0) is 13.8 Å². The SMILES string of the molecule is CC(C)O[C@@H]1C[C@H](O)[C@@H](O)[C@H](C(=O)O)O1. The summed E-state index contributed by atoms with van der Waals surface area (Å²) < 4.78 is 10.2. The normalized spacial score (nSPS) is 36.9. The van der Waals surface area contributed by atoms with E-state index >= 15 is 0 Å². The molecule has 1 aliphatic rings. The van der Waals surface area contributed by atoms with E-state index in [1.54, 1.807) is 13.8 Å². The second kappa shape index (κ2) is 4.89. The van der Waals surface area contributed by atoms with Crippen LogP contribution in [0.4, 0.5) is 0 Å². The van der Waals surface area contributed by atoms with Crippen LogP contribution in [-0.2, 0) is 14.3 Å². The Morgan fingerprint density at radius 2 is 2.07 bits per heavy atom. The van der Waals surface area contributed by atoms with Crippen molar-refractivity contribution in [2.75, 3.05) is 0 Å². The minimum absolute atomic E-state index is 0.0725. The Morgan fingerprint density at radius 3 is 2.53 bits per heavy atom. The summed E-state index contributed by atoms with van der Waals surface area (Å²) in [6.07, 6.45) is -4.82. The number of rotatable bonds is 3. The predicted octanol–water partition coefficient (Wildman–Crippen LogP) is -0.667. The van der Waals surface area contributed by atoms with Gasteiger partial charge in [0.2, 0.25) is 0 Å². The molecule has 1 fully saturated rings. The van der Waals surface area contributed by atoms with Crippen molar-refractivity contribution in [3.63, 3.8) is 0 Å². The van der Waals surface area contributed by atoms with Crippen LogP contribution < -0.4 is 0 Å². The fourth-order valence-corrected chi connectivity index (χ4v) is 1.43. The average molecular weight is 220 g/mol. The molecule has 88 valence electrons. The lowest BCUT2D eigenvalue weighted by Gasteiger charge is -2.35. The summed E-state index contributed by atoms with van der Waals surface area (Å²) >= 11 is 0. The monoisotopic (exact) mass is 220 g/mol. The number of aliphatic hydroxyl groups excluding tert-OH is 2. The third-order valence-corrected chi connectivity index (χ3v) is 2.10. The van der Waals surface area contributed by atoms with Gasteiger partial charge in [0.15, 0.2) is 12.4 Å². The van der Waals surface area contributed by atoms with Gasteiger partial charge >= 0.3 is 5.97 Å². The molecule has 0 spiro atoms. The van der Waals surface area contributed by atoms with Gasteiger partial charge in [-0.1, -0.05) is 0 Å². The van der Waals surface area contributed by atoms with Gasteiger partial charge in [-0.25, -0.2) is 4.79 Å². The fraction of sp³-hybridized carbons (Fsp3) is 0.889. The molecule has 15 heavy (non-hydrogen) atoms. The van der Waals surface area contributed by atoms with E-state index in [2.05, 4.69) is 0 Å². The van der Waals surface area contributed by atoms with Gasteiger partial charge in [-0.15, -0.1) is 0 Å². The molecule has 6 heteroatoms. The summed E-state index contributed by atoms with van der Waals surface area (Å²) in [6, 6.07) is 0. The second-order valence-electron chi connectivity index (χ2n) is 3.80. The maximum absolute atomic E-state index is 10.7. The van der Waals surface area contributed by atoms with Crippen molar-refractivity contribution in [3.8, 4) is 0 Å². The Bertz CT molecular complexity index is 229. The molecule has 0 aromatic carbocycles. The van der Waals surface area contributed by atoms with Crippen LogP contribution in [0, 0.1) is 0 Å². The highest BCUT2D eigenvalue weighted by molar-refractivity contribution is 5.73. The van der Waals surface area contributed by atoms with Crippen molar-refractivity contribution in [3.05, 3.63) is 0 Å². The first-order chi connectivity index (χ1) is 6.91. The number of carbonyl (C=O) groups is 1. The largest absolute Gasteiger partial charge is 0.479 e. The van der Waals surface area contributed by atoms with Crippen LogP contribution in [0.1, 0.15) is 20.3 Å². The quantitative estimate of drug-likeness (QED) is 0.584. The molecule has 0 radical (unpaired) electrons. The summed E-state index contributed by atoms with van der Waals surface area (Å²) in [5, 5.41) is 27.5. The molecule has 0 aromatic heterocycles. The first kappa shape index (κ1) is 12.4. The molecule has 1 heterocycles. The molecule has 0 aliphatic carbocycles. The second-order valence-corrected chi connectivity index (χ2v) is 3.80. The van der Waals surface area contributed by atoms with E-state index < -0.39 is 30.6 Å². The zero-order valence-electron chi connectivity index (χ0n) is 8.66. The number of aliphatic hydroxyl groups is 2. The maximum atomic E-state index is 10.7. The Kier molecular flexibility index (Phi) is 4.04. The van der Waals surface area contributed by atoms with E-state index in [9.17, 15) is 15.0 Å². The zero-order chi connectivity index (χ0) is 11.6. The van der Waals surface area contributed by atoms with Crippen molar-refractivity contribution in [1.82, 2.24) is 0 Å². The van der Waals surface area contributed by atoms with Gasteiger partial charge < -0.3 is 24.8 Å². The lowest BCUT2D eigenvalue weighted by Crippen LogP contribution is -2.52. The molecule has 1 aliphatic heterocycles. The van der Waals surface area contributed by atoms with Crippen LogP contribution in [0.3, 0.4) is 0 Å². The maximum Gasteiger partial charge on any atom is 0.335 e. The molecule has 0 unspecified atom stereocenters. The summed E-state index contributed by atoms with van der Waals surface area (Å²) in [5.41, 5.74) is 0. The van der Waals surface area contributed by atoms with Crippen LogP contribution >= 0.6 is 0 Å². The molecular weight excluding hydrogens is 204 g/mol. The van der Waals surface area contributed by atoms with Gasteiger partial charge in [0.25, 0.3) is 0 Å². The van der Waals surface area contributed by atoms with Gasteiger partial charge in [0, 0.05) is 6.42 Å². The third-order valence-electron chi connectivity index (χ3n) is 2.10. The van der Waals surface area contributed by atoms with Crippen molar-refractivity contribution in [2.24, 2.45) is 0 Å². The number of carboxylic acids is 1. The van der Waals surface area contributed by atoms with Crippen LogP contribution in [0.5, 0.6) is 0 Å². The van der Waals surface area contributed by atoms with E-state index in [-0.39, 0.29) is 12.5 Å². The van der Waals surface area contributed by atoms with Crippen LogP contribution in [0.15, 0.2) is 0 Å². The molecule has 4 atom stereocenters. The molecule has 0 bridgehead atoms. The van der Waals surface area contributed by atoms with Crippen LogP contribution in [0.2, 0.25) is 0 Å². The van der Waals surface area contributed by atoms with E-state index in [0.29, 0.717) is 0 Å². The van der Waals surface area contributed by atoms with Crippen molar-refractivity contribution in [2.45, 2.75) is 51.0 Å². The summed E-state index contributed by atoms with van der Waals surface area (Å²) in [6.45, 7) is 3.55. The highest BCUT2D eigenvalue weighted by Crippen LogP contribution is 2.22. The smallest absolute Gasteiger partial charge is 0.335 e. The number of hydrogen-bond donors (Lipinski definition) is 3. The van der Waals surface area contributed by atoms with Crippen molar-refractivity contribution >= 4 is 5.97 Å². The van der Waals surface area contributed by atoms with E-state index in [1.165, 1.54) is 0 Å². The Labute approximate surface area is 87.4 Å². The third kappa shape index (κ3) is 3.13. The minimum Gasteiger partial charge on any atom is -0.479 e. The molecule has 0 aromatic rings. The standard InChI is InChI=1S/C9H16O6/c1-4(2)14-6-3-5(10)7(11)8(15-6)9(12)13/h4-8,10-11H,3H2,1-2H3,(H,12,13)/t5-,6-,7+,8+/m0/s1. The lowest BCUT2D eigenvalue weighted by molar-refractivity contribution is -0.260. The van der Waals surface area contributed by atoms with Crippen LogP contribution in [-0.4, -0.2) is 52.0 Å². The Morgan fingerprint density at radius 1 is 1.47 bits per heavy atom. The van der Waals surface area contributed by atoms with E-state index in [1.807, 2.05) is 0 Å². The topological polar surface area (TPSA) is 96.2 Å². The van der Waals surface area contributed by atoms with E-state index in [4.69, 9.17) is 14.6 Å². The molecule has 3 N–H and O–H groups in total. The predicted molar refractivity (Wildman–Crippen MR) is 49.1 cm³/mol. The van der Waals surface area contributed by atoms with Crippen molar-refractivity contribution < 1.29 is 29.6 Å². The molecule has 0 saturated carbocycles. The Balaban J connectivity index is 2.62. The number of carboxylic acid groups (broad SMARTS) is 1. The van der Waals surface area contributed by atoms with Crippen molar-refractivity contribution in [1.29, 1.82) is 0 Å². The lowest BCUT2D eigenvalue weighted by atomic mass is 10.0.